The highest BCUT2D eigenvalue weighted by molar-refractivity contribution is 5.79. The number of carbonyl (C=O) groups is 1. The number of halogens is 3. The van der Waals surface area contributed by atoms with E-state index in [0.717, 1.165) is 12.8 Å². The van der Waals surface area contributed by atoms with Gasteiger partial charge < -0.3 is 4.90 Å². The van der Waals surface area contributed by atoms with Crippen LogP contribution in [-0.4, -0.2) is 39.9 Å². The molecule has 2 aliphatic rings. The lowest BCUT2D eigenvalue weighted by Crippen LogP contribution is -2.48. The number of nitrogens with zero attached hydrogens (tertiary/aromatic N) is 3. The molecule has 0 radical (unpaired) electrons. The maximum absolute atomic E-state index is 13.2. The quantitative estimate of drug-likeness (QED) is 0.834. The van der Waals surface area contributed by atoms with Gasteiger partial charge in [-0.1, -0.05) is 12.8 Å². The van der Waals surface area contributed by atoms with Gasteiger partial charge in [-0.25, -0.2) is 0 Å². The standard InChI is InChI=1S/C16H22F3N3O/c17-16(18,19)14-7-2-1-6-13(14)15(23)21-9-3-5-12(11-21)22-10-4-8-20-22/h4,8,10,12-14H,1-3,5-7,9,11H2. The lowest BCUT2D eigenvalue weighted by Gasteiger charge is -2.39. The van der Waals surface area contributed by atoms with Gasteiger partial charge in [0, 0.05) is 31.4 Å². The number of hydrogen-bond donors (Lipinski definition) is 0. The third-order valence-corrected chi connectivity index (χ3v) is 5.11. The van der Waals surface area contributed by atoms with Crippen molar-refractivity contribution in [3.8, 4) is 0 Å². The maximum Gasteiger partial charge on any atom is 0.392 e. The highest BCUT2D eigenvalue weighted by Gasteiger charge is 2.49. The Labute approximate surface area is 133 Å². The van der Waals surface area contributed by atoms with Crippen LogP contribution in [0, 0.1) is 11.8 Å². The van der Waals surface area contributed by atoms with E-state index in [9.17, 15) is 18.0 Å². The van der Waals surface area contributed by atoms with Gasteiger partial charge in [0.15, 0.2) is 0 Å². The number of likely N-dealkylation sites (tertiary alicyclic amines) is 1. The van der Waals surface area contributed by atoms with Crippen molar-refractivity contribution >= 4 is 5.91 Å². The van der Waals surface area contributed by atoms with Crippen LogP contribution in [-0.2, 0) is 4.79 Å². The summed E-state index contributed by atoms with van der Waals surface area (Å²) in [5.74, 6) is -2.70. The summed E-state index contributed by atoms with van der Waals surface area (Å²) in [6.45, 7) is 1.01. The minimum atomic E-state index is -4.28. The van der Waals surface area contributed by atoms with Crippen LogP contribution in [0.15, 0.2) is 18.5 Å². The van der Waals surface area contributed by atoms with Gasteiger partial charge in [0.1, 0.15) is 0 Å². The van der Waals surface area contributed by atoms with E-state index in [1.807, 2.05) is 16.9 Å². The fourth-order valence-electron chi connectivity index (χ4n) is 3.92. The van der Waals surface area contributed by atoms with E-state index in [2.05, 4.69) is 5.10 Å². The van der Waals surface area contributed by atoms with Gasteiger partial charge in [-0.2, -0.15) is 18.3 Å². The molecule has 2 fully saturated rings. The van der Waals surface area contributed by atoms with Gasteiger partial charge in [0.2, 0.25) is 5.91 Å². The molecule has 1 aliphatic heterocycles. The molecule has 1 aromatic rings. The van der Waals surface area contributed by atoms with Crippen molar-refractivity contribution in [2.24, 2.45) is 11.8 Å². The second-order valence-corrected chi connectivity index (χ2v) is 6.61. The third kappa shape index (κ3) is 3.53. The average Bonchev–Trinajstić information content (AvgIpc) is 3.08. The predicted molar refractivity (Wildman–Crippen MR) is 78.6 cm³/mol. The lowest BCUT2D eigenvalue weighted by atomic mass is 9.77. The number of aromatic nitrogens is 2. The summed E-state index contributed by atoms with van der Waals surface area (Å²) in [5.41, 5.74) is 0. The highest BCUT2D eigenvalue weighted by atomic mass is 19.4. The van der Waals surface area contributed by atoms with E-state index in [4.69, 9.17) is 0 Å². The molecule has 3 unspecified atom stereocenters. The molecule has 0 spiro atoms. The molecular formula is C16H22F3N3O. The number of rotatable bonds is 2. The molecule has 1 aliphatic carbocycles. The van der Waals surface area contributed by atoms with Crippen LogP contribution in [0.2, 0.25) is 0 Å². The first-order valence-electron chi connectivity index (χ1n) is 8.31. The molecule has 0 aromatic carbocycles. The minimum absolute atomic E-state index is 0.0654. The molecule has 3 rings (SSSR count). The molecule has 128 valence electrons. The summed E-state index contributed by atoms with van der Waals surface area (Å²) in [7, 11) is 0. The molecule has 1 aromatic heterocycles. The van der Waals surface area contributed by atoms with Crippen molar-refractivity contribution < 1.29 is 18.0 Å². The molecule has 2 heterocycles. The molecule has 1 saturated heterocycles. The Balaban J connectivity index is 1.71. The number of piperidine rings is 1. The van der Waals surface area contributed by atoms with Crippen LogP contribution in [0.4, 0.5) is 13.2 Å². The summed E-state index contributed by atoms with van der Waals surface area (Å²) in [6.07, 6.45) is 2.65. The first kappa shape index (κ1) is 16.3. The molecule has 0 N–H and O–H groups in total. The average molecular weight is 329 g/mol. The summed E-state index contributed by atoms with van der Waals surface area (Å²) in [6, 6.07) is 1.89. The number of carbonyl (C=O) groups excluding carboxylic acids is 1. The zero-order chi connectivity index (χ0) is 16.4. The maximum atomic E-state index is 13.2. The van der Waals surface area contributed by atoms with Gasteiger partial charge in [-0.05, 0) is 31.7 Å². The van der Waals surface area contributed by atoms with Crippen LogP contribution >= 0.6 is 0 Å². The van der Waals surface area contributed by atoms with E-state index in [1.54, 1.807) is 11.1 Å². The van der Waals surface area contributed by atoms with Crippen molar-refractivity contribution in [1.82, 2.24) is 14.7 Å². The third-order valence-electron chi connectivity index (χ3n) is 5.11. The van der Waals surface area contributed by atoms with Crippen molar-refractivity contribution in [2.45, 2.75) is 50.7 Å². The summed E-state index contributed by atoms with van der Waals surface area (Å²) in [4.78, 5) is 14.4. The summed E-state index contributed by atoms with van der Waals surface area (Å²) >= 11 is 0. The Morgan fingerprint density at radius 3 is 2.61 bits per heavy atom. The molecule has 1 amide bonds. The van der Waals surface area contributed by atoms with E-state index in [-0.39, 0.29) is 18.4 Å². The summed E-state index contributed by atoms with van der Waals surface area (Å²) in [5, 5.41) is 4.20. The van der Waals surface area contributed by atoms with Crippen LogP contribution in [0.5, 0.6) is 0 Å². The van der Waals surface area contributed by atoms with Crippen molar-refractivity contribution in [2.75, 3.05) is 13.1 Å². The Morgan fingerprint density at radius 2 is 1.91 bits per heavy atom. The van der Waals surface area contributed by atoms with E-state index in [0.29, 0.717) is 32.4 Å². The molecule has 1 saturated carbocycles. The fourth-order valence-corrected chi connectivity index (χ4v) is 3.92. The smallest absolute Gasteiger partial charge is 0.340 e. The number of amides is 1. The Hall–Kier alpha value is -1.53. The SMILES string of the molecule is O=C(C1CCCCC1C(F)(F)F)N1CCCC(n2cccn2)C1. The second-order valence-electron chi connectivity index (χ2n) is 6.61. The first-order chi connectivity index (χ1) is 11.0. The Morgan fingerprint density at radius 1 is 1.13 bits per heavy atom. The Bertz CT molecular complexity index is 529. The largest absolute Gasteiger partial charge is 0.392 e. The van der Waals surface area contributed by atoms with E-state index in [1.165, 1.54) is 0 Å². The molecule has 0 bridgehead atoms. The van der Waals surface area contributed by atoms with E-state index < -0.39 is 18.0 Å². The van der Waals surface area contributed by atoms with Crippen molar-refractivity contribution in [3.63, 3.8) is 0 Å². The number of hydrogen-bond acceptors (Lipinski definition) is 2. The van der Waals surface area contributed by atoms with Gasteiger partial charge >= 0.3 is 6.18 Å². The predicted octanol–water partition coefficient (Wildman–Crippen LogP) is 3.42. The first-order valence-corrected chi connectivity index (χ1v) is 8.31. The molecular weight excluding hydrogens is 307 g/mol. The van der Waals surface area contributed by atoms with Gasteiger partial charge in [0.05, 0.1) is 12.0 Å². The second kappa shape index (κ2) is 6.53. The fraction of sp³-hybridized carbons (Fsp3) is 0.750. The zero-order valence-electron chi connectivity index (χ0n) is 13.0. The summed E-state index contributed by atoms with van der Waals surface area (Å²) < 4.78 is 41.5. The van der Waals surface area contributed by atoms with Crippen LogP contribution < -0.4 is 0 Å². The zero-order valence-corrected chi connectivity index (χ0v) is 13.0. The van der Waals surface area contributed by atoms with E-state index >= 15 is 0 Å². The molecule has 23 heavy (non-hydrogen) atoms. The van der Waals surface area contributed by atoms with Crippen molar-refractivity contribution in [3.05, 3.63) is 18.5 Å². The topological polar surface area (TPSA) is 38.1 Å². The van der Waals surface area contributed by atoms with Crippen LogP contribution in [0.1, 0.15) is 44.6 Å². The van der Waals surface area contributed by atoms with Gasteiger partial charge in [-0.15, -0.1) is 0 Å². The number of alkyl halides is 3. The Kier molecular flexibility index (Phi) is 4.64. The molecule has 3 atom stereocenters. The molecule has 4 nitrogen and oxygen atoms in total. The highest BCUT2D eigenvalue weighted by Crippen LogP contribution is 2.42. The monoisotopic (exact) mass is 329 g/mol. The molecule has 7 heteroatoms. The van der Waals surface area contributed by atoms with Crippen LogP contribution in [0.3, 0.4) is 0 Å². The van der Waals surface area contributed by atoms with Crippen LogP contribution in [0.25, 0.3) is 0 Å². The van der Waals surface area contributed by atoms with Gasteiger partial charge in [-0.3, -0.25) is 9.48 Å². The lowest BCUT2D eigenvalue weighted by molar-refractivity contribution is -0.201. The van der Waals surface area contributed by atoms with Crippen molar-refractivity contribution in [1.29, 1.82) is 0 Å². The normalized spacial score (nSPS) is 29.5. The minimum Gasteiger partial charge on any atom is -0.340 e. The van der Waals surface area contributed by atoms with Gasteiger partial charge in [0.25, 0.3) is 0 Å².